The third-order valence-electron chi connectivity index (χ3n) is 9.37. The molecular formula is C41H36N4. The fourth-order valence-electron chi connectivity index (χ4n) is 7.21. The molecule has 0 saturated carbocycles. The number of fused-ring (bicyclic) bond motifs is 4. The molecule has 6 aromatic carbocycles. The number of anilines is 8. The minimum absolute atomic E-state index is 0.779. The Morgan fingerprint density at radius 3 is 1.27 bits per heavy atom. The van der Waals surface area contributed by atoms with Gasteiger partial charge in [0.05, 0.1) is 0 Å². The van der Waals surface area contributed by atoms with Gasteiger partial charge in [0, 0.05) is 58.3 Å². The second-order valence-electron chi connectivity index (χ2n) is 12.1. The van der Waals surface area contributed by atoms with E-state index in [9.17, 15) is 0 Å². The van der Waals surface area contributed by atoms with Crippen molar-refractivity contribution in [1.82, 2.24) is 0 Å². The third-order valence-corrected chi connectivity index (χ3v) is 9.37. The van der Waals surface area contributed by atoms with Gasteiger partial charge in [-0.05, 0) is 125 Å². The number of para-hydroxylation sites is 2. The summed E-state index contributed by atoms with van der Waals surface area (Å²) in [6, 6.07) is 47.6. The third kappa shape index (κ3) is 4.89. The monoisotopic (exact) mass is 584 g/mol. The highest BCUT2D eigenvalue weighted by molar-refractivity contribution is 5.86. The van der Waals surface area contributed by atoms with Crippen LogP contribution in [-0.4, -0.2) is 0 Å². The maximum absolute atomic E-state index is 6.06. The zero-order valence-corrected chi connectivity index (χ0v) is 25.3. The minimum Gasteiger partial charge on any atom is -0.399 e. The number of nitrogens with two attached hydrogens (primary N) is 2. The zero-order chi connectivity index (χ0) is 30.3. The topological polar surface area (TPSA) is 58.5 Å². The molecule has 0 aromatic heterocycles. The fraction of sp³-hybridized carbons (Fsp3) is 0.122. The van der Waals surface area contributed by atoms with Gasteiger partial charge >= 0.3 is 0 Å². The van der Waals surface area contributed by atoms with Gasteiger partial charge in [-0.15, -0.1) is 0 Å². The Balaban J connectivity index is 1.10. The van der Waals surface area contributed by atoms with Crippen molar-refractivity contribution in [2.45, 2.75) is 32.1 Å². The highest BCUT2D eigenvalue weighted by atomic mass is 15.2. The quantitative estimate of drug-likeness (QED) is 0.191. The lowest BCUT2D eigenvalue weighted by Crippen LogP contribution is -2.20. The summed E-state index contributed by atoms with van der Waals surface area (Å²) in [4.78, 5) is 4.79. The standard InChI is InChI=1S/C41H36N4/c42-32-18-22-34(23-19-32)44-38-14-3-1-8-30(38)26-36-28(12-6-16-40(36)44)10-5-11-29-13-7-17-41-37(29)27-31-9-2-4-15-39(31)45(41)35-24-20-33(43)21-25-35/h1-4,6-9,12-25H,5,10-11,26-27,42-43H2. The summed E-state index contributed by atoms with van der Waals surface area (Å²) < 4.78 is 0. The summed E-state index contributed by atoms with van der Waals surface area (Å²) >= 11 is 0. The average molecular weight is 585 g/mol. The van der Waals surface area contributed by atoms with E-state index in [0.717, 1.165) is 54.9 Å². The van der Waals surface area contributed by atoms with E-state index >= 15 is 0 Å². The first-order chi connectivity index (χ1) is 22.1. The van der Waals surface area contributed by atoms with Gasteiger partial charge in [0.1, 0.15) is 0 Å². The normalized spacial score (nSPS) is 13.1. The van der Waals surface area contributed by atoms with Crippen LogP contribution < -0.4 is 21.3 Å². The van der Waals surface area contributed by atoms with E-state index < -0.39 is 0 Å². The summed E-state index contributed by atoms with van der Waals surface area (Å²) in [5.41, 5.74) is 29.4. The highest BCUT2D eigenvalue weighted by Gasteiger charge is 2.27. The van der Waals surface area contributed by atoms with Gasteiger partial charge in [0.2, 0.25) is 0 Å². The molecule has 0 fully saturated rings. The second-order valence-corrected chi connectivity index (χ2v) is 12.1. The van der Waals surface area contributed by atoms with Gasteiger partial charge in [-0.1, -0.05) is 60.7 Å². The summed E-state index contributed by atoms with van der Waals surface area (Å²) in [6.45, 7) is 0. The van der Waals surface area contributed by atoms with Gasteiger partial charge < -0.3 is 21.3 Å². The number of hydrogen-bond donors (Lipinski definition) is 2. The van der Waals surface area contributed by atoms with Gasteiger partial charge in [0.15, 0.2) is 0 Å². The van der Waals surface area contributed by atoms with E-state index in [1.165, 1.54) is 56.1 Å². The van der Waals surface area contributed by atoms with Gasteiger partial charge in [-0.3, -0.25) is 0 Å². The lowest BCUT2D eigenvalue weighted by molar-refractivity contribution is 0.802. The number of nitrogen functional groups attached to an aromatic ring is 2. The molecule has 0 atom stereocenters. The van der Waals surface area contributed by atoms with Crippen LogP contribution in [0.25, 0.3) is 0 Å². The molecule has 4 heteroatoms. The Kier molecular flexibility index (Phi) is 6.76. The van der Waals surface area contributed by atoms with Crippen LogP contribution in [0.3, 0.4) is 0 Å². The molecule has 220 valence electrons. The molecule has 2 heterocycles. The first-order valence-electron chi connectivity index (χ1n) is 15.8. The van der Waals surface area contributed by atoms with E-state index in [0.29, 0.717) is 0 Å². The molecule has 2 aliphatic rings. The van der Waals surface area contributed by atoms with Crippen LogP contribution in [0.1, 0.15) is 39.8 Å². The SMILES string of the molecule is Nc1ccc(N2c3ccccc3Cc3c(CCCc4cccc5c4Cc4ccccc4N5c4ccc(N)cc4)cccc32)cc1. The van der Waals surface area contributed by atoms with Crippen molar-refractivity contribution in [2.24, 2.45) is 0 Å². The Morgan fingerprint density at radius 1 is 0.422 bits per heavy atom. The second kappa shape index (κ2) is 11.2. The first-order valence-corrected chi connectivity index (χ1v) is 15.8. The number of rotatable bonds is 6. The van der Waals surface area contributed by atoms with Crippen LogP contribution in [0.5, 0.6) is 0 Å². The Labute approximate surface area is 265 Å². The van der Waals surface area contributed by atoms with Gasteiger partial charge in [-0.25, -0.2) is 0 Å². The van der Waals surface area contributed by atoms with Crippen molar-refractivity contribution in [3.63, 3.8) is 0 Å². The molecule has 0 saturated heterocycles. The molecule has 0 aliphatic carbocycles. The van der Waals surface area contributed by atoms with Crippen LogP contribution >= 0.6 is 0 Å². The van der Waals surface area contributed by atoms with Crippen LogP contribution in [0.2, 0.25) is 0 Å². The summed E-state index contributed by atoms with van der Waals surface area (Å²) in [5, 5.41) is 0. The predicted molar refractivity (Wildman–Crippen MR) is 189 cm³/mol. The molecule has 6 aromatic rings. The molecule has 0 amide bonds. The molecule has 0 spiro atoms. The predicted octanol–water partition coefficient (Wildman–Crippen LogP) is 9.77. The molecular weight excluding hydrogens is 548 g/mol. The molecule has 0 radical (unpaired) electrons. The number of nitrogens with zero attached hydrogens (tertiary/aromatic N) is 2. The van der Waals surface area contributed by atoms with Crippen molar-refractivity contribution in [1.29, 1.82) is 0 Å². The largest absolute Gasteiger partial charge is 0.399 e. The van der Waals surface area contributed by atoms with Crippen LogP contribution in [0, 0.1) is 0 Å². The van der Waals surface area contributed by atoms with Crippen molar-refractivity contribution < 1.29 is 0 Å². The average Bonchev–Trinajstić information content (AvgIpc) is 3.07. The smallest absolute Gasteiger partial charge is 0.0499 e. The molecule has 0 bridgehead atoms. The molecule has 45 heavy (non-hydrogen) atoms. The van der Waals surface area contributed by atoms with Crippen molar-refractivity contribution >= 4 is 45.5 Å². The van der Waals surface area contributed by atoms with Crippen molar-refractivity contribution in [2.75, 3.05) is 21.3 Å². The molecule has 2 aliphatic heterocycles. The maximum atomic E-state index is 6.06. The number of benzene rings is 6. The van der Waals surface area contributed by atoms with Crippen LogP contribution in [-0.2, 0) is 25.7 Å². The maximum Gasteiger partial charge on any atom is 0.0499 e. The summed E-state index contributed by atoms with van der Waals surface area (Å²) in [6.07, 6.45) is 5.04. The van der Waals surface area contributed by atoms with Crippen molar-refractivity contribution in [3.8, 4) is 0 Å². The molecule has 8 rings (SSSR count). The Hall–Kier alpha value is -5.48. The van der Waals surface area contributed by atoms with E-state index in [1.807, 2.05) is 24.3 Å². The van der Waals surface area contributed by atoms with Crippen LogP contribution in [0.15, 0.2) is 133 Å². The highest BCUT2D eigenvalue weighted by Crippen LogP contribution is 2.46. The Morgan fingerprint density at radius 2 is 0.822 bits per heavy atom. The number of aryl methyl sites for hydroxylation is 2. The summed E-state index contributed by atoms with van der Waals surface area (Å²) in [7, 11) is 0. The lowest BCUT2D eigenvalue weighted by Gasteiger charge is -2.35. The number of hydrogen-bond acceptors (Lipinski definition) is 4. The van der Waals surface area contributed by atoms with E-state index in [2.05, 4.69) is 119 Å². The molecule has 0 unspecified atom stereocenters. The molecule has 4 nitrogen and oxygen atoms in total. The van der Waals surface area contributed by atoms with Crippen molar-refractivity contribution in [3.05, 3.63) is 167 Å². The first kappa shape index (κ1) is 27.1. The van der Waals surface area contributed by atoms with E-state index in [-0.39, 0.29) is 0 Å². The van der Waals surface area contributed by atoms with Crippen LogP contribution in [0.4, 0.5) is 45.5 Å². The van der Waals surface area contributed by atoms with E-state index in [4.69, 9.17) is 11.5 Å². The fourth-order valence-corrected chi connectivity index (χ4v) is 7.21. The summed E-state index contributed by atoms with van der Waals surface area (Å²) in [5.74, 6) is 0. The Bertz CT molecular complexity index is 1860. The van der Waals surface area contributed by atoms with Gasteiger partial charge in [-0.2, -0.15) is 0 Å². The molecule has 4 N–H and O–H groups in total. The zero-order valence-electron chi connectivity index (χ0n) is 25.3. The van der Waals surface area contributed by atoms with Gasteiger partial charge in [0.25, 0.3) is 0 Å². The minimum atomic E-state index is 0.779. The lowest BCUT2D eigenvalue weighted by atomic mass is 9.87. The van der Waals surface area contributed by atoms with E-state index in [1.54, 1.807) is 0 Å².